The molecule has 0 radical (unpaired) electrons. The molecule has 0 aliphatic heterocycles. The van der Waals surface area contributed by atoms with Crippen molar-refractivity contribution in [3.63, 3.8) is 0 Å². The normalized spacial score (nSPS) is 11.9. The summed E-state index contributed by atoms with van der Waals surface area (Å²) in [6, 6.07) is 5.67. The van der Waals surface area contributed by atoms with Crippen molar-refractivity contribution < 1.29 is 17.9 Å². The highest BCUT2D eigenvalue weighted by Crippen LogP contribution is 2.19. The molecule has 5 heteroatoms. The number of alkyl halides is 3. The Labute approximate surface area is 105 Å². The molecule has 0 saturated heterocycles. The number of likely N-dealkylation sites (N-methyl/N-ethyl adjacent to an activating group) is 1. The standard InChI is InChI=1S/C13H18F3NO/c1-10-8-11(4-5-12(10)18-3)6-7-17(2)9-13(14,15)16/h4-5,8H,6-7,9H2,1-3H3. The van der Waals surface area contributed by atoms with Gasteiger partial charge in [-0.25, -0.2) is 0 Å². The third kappa shape index (κ3) is 4.96. The van der Waals surface area contributed by atoms with Crippen molar-refractivity contribution in [1.82, 2.24) is 4.90 Å². The van der Waals surface area contributed by atoms with E-state index in [1.54, 1.807) is 7.11 Å². The molecule has 1 aromatic carbocycles. The second-order valence-electron chi connectivity index (χ2n) is 4.41. The topological polar surface area (TPSA) is 12.5 Å². The van der Waals surface area contributed by atoms with Gasteiger partial charge in [-0.15, -0.1) is 0 Å². The summed E-state index contributed by atoms with van der Waals surface area (Å²) in [5, 5.41) is 0. The predicted octanol–water partition coefficient (Wildman–Crippen LogP) is 3.04. The van der Waals surface area contributed by atoms with Gasteiger partial charge in [-0.3, -0.25) is 4.90 Å². The Morgan fingerprint density at radius 2 is 1.94 bits per heavy atom. The van der Waals surface area contributed by atoms with Crippen LogP contribution in [-0.2, 0) is 6.42 Å². The van der Waals surface area contributed by atoms with E-state index >= 15 is 0 Å². The van der Waals surface area contributed by atoms with Crippen molar-refractivity contribution in [2.75, 3.05) is 27.2 Å². The number of halogens is 3. The van der Waals surface area contributed by atoms with Gasteiger partial charge in [0.2, 0.25) is 0 Å². The van der Waals surface area contributed by atoms with Gasteiger partial charge in [-0.1, -0.05) is 12.1 Å². The number of aryl methyl sites for hydroxylation is 1. The van der Waals surface area contributed by atoms with Crippen LogP contribution in [0.4, 0.5) is 13.2 Å². The minimum atomic E-state index is -4.13. The van der Waals surface area contributed by atoms with Gasteiger partial charge in [0.1, 0.15) is 5.75 Å². The molecule has 0 spiro atoms. The third-order valence-corrected chi connectivity index (χ3v) is 2.69. The number of benzene rings is 1. The molecule has 0 aromatic heterocycles. The van der Waals surface area contributed by atoms with Gasteiger partial charge in [0, 0.05) is 6.54 Å². The summed E-state index contributed by atoms with van der Waals surface area (Å²) in [6.45, 7) is 1.43. The van der Waals surface area contributed by atoms with Crippen molar-refractivity contribution in [3.8, 4) is 5.75 Å². The van der Waals surface area contributed by atoms with Gasteiger partial charge in [0.15, 0.2) is 0 Å². The van der Waals surface area contributed by atoms with E-state index in [1.165, 1.54) is 11.9 Å². The van der Waals surface area contributed by atoms with E-state index in [9.17, 15) is 13.2 Å². The van der Waals surface area contributed by atoms with Crippen LogP contribution in [0, 0.1) is 6.92 Å². The van der Waals surface area contributed by atoms with Crippen LogP contribution in [0.3, 0.4) is 0 Å². The van der Waals surface area contributed by atoms with Gasteiger partial charge in [0.05, 0.1) is 13.7 Å². The first-order valence-electron chi connectivity index (χ1n) is 5.70. The van der Waals surface area contributed by atoms with E-state index in [1.807, 2.05) is 25.1 Å². The Balaban J connectivity index is 2.51. The zero-order valence-corrected chi connectivity index (χ0v) is 10.8. The number of nitrogens with zero attached hydrogens (tertiary/aromatic N) is 1. The number of hydrogen-bond donors (Lipinski definition) is 0. The van der Waals surface area contributed by atoms with Crippen LogP contribution >= 0.6 is 0 Å². The predicted molar refractivity (Wildman–Crippen MR) is 65.0 cm³/mol. The van der Waals surface area contributed by atoms with Crippen LogP contribution in [0.25, 0.3) is 0 Å². The van der Waals surface area contributed by atoms with E-state index < -0.39 is 12.7 Å². The van der Waals surface area contributed by atoms with Crippen molar-refractivity contribution in [1.29, 1.82) is 0 Å². The van der Waals surface area contributed by atoms with Gasteiger partial charge in [0.25, 0.3) is 0 Å². The summed E-state index contributed by atoms with van der Waals surface area (Å²) in [7, 11) is 3.07. The second-order valence-corrected chi connectivity index (χ2v) is 4.41. The molecular weight excluding hydrogens is 243 g/mol. The molecule has 0 heterocycles. The molecular formula is C13H18F3NO. The zero-order chi connectivity index (χ0) is 13.8. The molecule has 0 fully saturated rings. The number of rotatable bonds is 5. The first kappa shape index (κ1) is 14.8. The number of hydrogen-bond acceptors (Lipinski definition) is 2. The molecule has 0 bridgehead atoms. The maximum absolute atomic E-state index is 12.1. The first-order valence-corrected chi connectivity index (χ1v) is 5.70. The summed E-state index contributed by atoms with van der Waals surface area (Å²) in [6.07, 6.45) is -3.54. The van der Waals surface area contributed by atoms with Gasteiger partial charge < -0.3 is 4.74 Å². The quantitative estimate of drug-likeness (QED) is 0.807. The van der Waals surface area contributed by atoms with E-state index in [0.717, 1.165) is 16.9 Å². The van der Waals surface area contributed by atoms with E-state index in [4.69, 9.17) is 4.74 Å². The Hall–Kier alpha value is -1.23. The lowest BCUT2D eigenvalue weighted by Crippen LogP contribution is -2.32. The average Bonchev–Trinajstić information content (AvgIpc) is 2.24. The molecule has 0 aliphatic carbocycles. The maximum atomic E-state index is 12.1. The molecule has 2 nitrogen and oxygen atoms in total. The fourth-order valence-corrected chi connectivity index (χ4v) is 1.80. The minimum Gasteiger partial charge on any atom is -0.496 e. The SMILES string of the molecule is COc1ccc(CCN(C)CC(F)(F)F)cc1C. The van der Waals surface area contributed by atoms with E-state index in [2.05, 4.69) is 0 Å². The van der Waals surface area contributed by atoms with Gasteiger partial charge in [-0.2, -0.15) is 13.2 Å². The lowest BCUT2D eigenvalue weighted by atomic mass is 10.1. The van der Waals surface area contributed by atoms with Crippen LogP contribution in [0.15, 0.2) is 18.2 Å². The Morgan fingerprint density at radius 3 is 2.44 bits per heavy atom. The zero-order valence-electron chi connectivity index (χ0n) is 10.8. The summed E-state index contributed by atoms with van der Waals surface area (Å²) in [5.41, 5.74) is 2.01. The Kier molecular flexibility index (Phi) is 5.02. The van der Waals surface area contributed by atoms with Crippen LogP contribution in [-0.4, -0.2) is 38.3 Å². The molecule has 0 saturated carbocycles. The van der Waals surface area contributed by atoms with Crippen molar-refractivity contribution in [2.45, 2.75) is 19.5 Å². The molecule has 18 heavy (non-hydrogen) atoms. The fourth-order valence-electron chi connectivity index (χ4n) is 1.80. The van der Waals surface area contributed by atoms with Crippen LogP contribution in [0.2, 0.25) is 0 Å². The lowest BCUT2D eigenvalue weighted by molar-refractivity contribution is -0.142. The summed E-state index contributed by atoms with van der Waals surface area (Å²) < 4.78 is 41.5. The highest BCUT2D eigenvalue weighted by Gasteiger charge is 2.28. The third-order valence-electron chi connectivity index (χ3n) is 2.69. The monoisotopic (exact) mass is 261 g/mol. The molecule has 1 aromatic rings. The molecule has 0 unspecified atom stereocenters. The Morgan fingerprint density at radius 1 is 1.28 bits per heavy atom. The van der Waals surface area contributed by atoms with Crippen molar-refractivity contribution in [3.05, 3.63) is 29.3 Å². The van der Waals surface area contributed by atoms with Crippen molar-refractivity contribution >= 4 is 0 Å². The smallest absolute Gasteiger partial charge is 0.401 e. The molecule has 0 amide bonds. The van der Waals surface area contributed by atoms with Crippen LogP contribution < -0.4 is 4.74 Å². The van der Waals surface area contributed by atoms with E-state index in [-0.39, 0.29) is 0 Å². The highest BCUT2D eigenvalue weighted by atomic mass is 19.4. The second kappa shape index (κ2) is 6.09. The van der Waals surface area contributed by atoms with Crippen molar-refractivity contribution in [2.24, 2.45) is 0 Å². The van der Waals surface area contributed by atoms with Gasteiger partial charge in [-0.05, 0) is 37.6 Å². The molecule has 0 atom stereocenters. The van der Waals surface area contributed by atoms with Crippen LogP contribution in [0.1, 0.15) is 11.1 Å². The summed E-state index contributed by atoms with van der Waals surface area (Å²) in [5.74, 6) is 0.794. The largest absolute Gasteiger partial charge is 0.496 e. The minimum absolute atomic E-state index is 0.380. The summed E-state index contributed by atoms with van der Waals surface area (Å²) in [4.78, 5) is 1.28. The molecule has 1 rings (SSSR count). The van der Waals surface area contributed by atoms with E-state index in [0.29, 0.717) is 13.0 Å². The Bertz CT molecular complexity index is 390. The number of methoxy groups -OCH3 is 1. The van der Waals surface area contributed by atoms with Gasteiger partial charge >= 0.3 is 6.18 Å². The average molecular weight is 261 g/mol. The maximum Gasteiger partial charge on any atom is 0.401 e. The number of ether oxygens (including phenoxy) is 1. The summed E-state index contributed by atoms with van der Waals surface area (Å²) >= 11 is 0. The molecule has 0 N–H and O–H groups in total. The molecule has 0 aliphatic rings. The molecule has 102 valence electrons. The fraction of sp³-hybridized carbons (Fsp3) is 0.538. The highest BCUT2D eigenvalue weighted by molar-refractivity contribution is 5.36. The first-order chi connectivity index (χ1) is 8.31. The van der Waals surface area contributed by atoms with Crippen LogP contribution in [0.5, 0.6) is 5.75 Å². The lowest BCUT2D eigenvalue weighted by Gasteiger charge is -2.18.